The summed E-state index contributed by atoms with van der Waals surface area (Å²) >= 11 is 0. The summed E-state index contributed by atoms with van der Waals surface area (Å²) in [7, 11) is 1.23. The molecule has 0 aliphatic heterocycles. The molecule has 1 amide bonds. The molecule has 0 spiro atoms. The summed E-state index contributed by atoms with van der Waals surface area (Å²) in [5.41, 5.74) is 1.72. The van der Waals surface area contributed by atoms with E-state index in [9.17, 15) is 13.2 Å². The number of carbonyl (C=O) groups is 1. The molecule has 2 aromatic rings. The van der Waals surface area contributed by atoms with Crippen LogP contribution in [0.15, 0.2) is 47.4 Å². The van der Waals surface area contributed by atoms with E-state index in [1.807, 2.05) is 6.92 Å². The molecule has 0 saturated carbocycles. The van der Waals surface area contributed by atoms with E-state index >= 15 is 0 Å². The van der Waals surface area contributed by atoms with Gasteiger partial charge in [0, 0.05) is 20.2 Å². The molecule has 3 N–H and O–H groups in total. The molecular formula is C20H25N3O5S. The summed E-state index contributed by atoms with van der Waals surface area (Å²) in [5.74, 6) is 0.755. The monoisotopic (exact) mass is 419 g/mol. The number of hydrogen-bond acceptors (Lipinski definition) is 6. The SMILES string of the molecule is CCOc1cc(/C=C/C(=O)Nc2cc(S(N)(=O)=O)ccc2N(C)C)ccc1OC. The summed E-state index contributed by atoms with van der Waals surface area (Å²) < 4.78 is 34.0. The third-order valence-corrected chi connectivity index (χ3v) is 4.86. The van der Waals surface area contributed by atoms with E-state index in [1.165, 1.54) is 18.2 Å². The van der Waals surface area contributed by atoms with Crippen molar-refractivity contribution in [2.24, 2.45) is 5.14 Å². The topological polar surface area (TPSA) is 111 Å². The van der Waals surface area contributed by atoms with Crippen LogP contribution in [0, 0.1) is 0 Å². The van der Waals surface area contributed by atoms with Gasteiger partial charge in [-0.05, 0) is 48.9 Å². The molecule has 0 aliphatic rings. The molecule has 0 aliphatic carbocycles. The maximum atomic E-state index is 12.4. The number of primary sulfonamides is 1. The van der Waals surface area contributed by atoms with Crippen molar-refractivity contribution in [3.63, 3.8) is 0 Å². The molecule has 0 unspecified atom stereocenters. The highest BCUT2D eigenvalue weighted by Gasteiger charge is 2.14. The van der Waals surface area contributed by atoms with E-state index in [1.54, 1.807) is 56.4 Å². The van der Waals surface area contributed by atoms with Gasteiger partial charge in [0.2, 0.25) is 15.9 Å². The van der Waals surface area contributed by atoms with Crippen LogP contribution in [-0.4, -0.2) is 42.1 Å². The Morgan fingerprint density at radius 2 is 1.90 bits per heavy atom. The number of sulfonamides is 1. The van der Waals surface area contributed by atoms with Gasteiger partial charge in [0.05, 0.1) is 30.0 Å². The number of ether oxygens (including phenoxy) is 2. The number of anilines is 2. The number of nitrogens with two attached hydrogens (primary N) is 1. The standard InChI is InChI=1S/C20H25N3O5S/c1-5-28-19-12-14(6-10-18(19)27-4)7-11-20(24)22-16-13-15(29(21,25)26)8-9-17(16)23(2)3/h6-13H,5H2,1-4H3,(H,22,24)(H2,21,25,26)/b11-7+. The molecule has 0 bridgehead atoms. The van der Waals surface area contributed by atoms with Crippen molar-refractivity contribution >= 4 is 33.4 Å². The first-order chi connectivity index (χ1) is 13.7. The van der Waals surface area contributed by atoms with Gasteiger partial charge in [-0.15, -0.1) is 0 Å². The fourth-order valence-electron chi connectivity index (χ4n) is 2.59. The normalized spacial score (nSPS) is 11.3. The van der Waals surface area contributed by atoms with Crippen molar-refractivity contribution < 1.29 is 22.7 Å². The van der Waals surface area contributed by atoms with Gasteiger partial charge in [0.1, 0.15) is 0 Å². The molecule has 0 radical (unpaired) electrons. The van der Waals surface area contributed by atoms with Gasteiger partial charge in [-0.2, -0.15) is 0 Å². The van der Waals surface area contributed by atoms with Crippen LogP contribution in [-0.2, 0) is 14.8 Å². The van der Waals surface area contributed by atoms with E-state index < -0.39 is 15.9 Å². The van der Waals surface area contributed by atoms with E-state index in [-0.39, 0.29) is 4.90 Å². The van der Waals surface area contributed by atoms with Crippen LogP contribution < -0.4 is 24.8 Å². The number of nitrogens with zero attached hydrogens (tertiary/aromatic N) is 1. The summed E-state index contributed by atoms with van der Waals surface area (Å²) in [6.07, 6.45) is 2.97. The zero-order chi connectivity index (χ0) is 21.6. The molecular weight excluding hydrogens is 394 g/mol. The predicted octanol–water partition coefficient (Wildman–Crippen LogP) is 2.46. The van der Waals surface area contributed by atoms with E-state index in [2.05, 4.69) is 5.32 Å². The lowest BCUT2D eigenvalue weighted by molar-refractivity contribution is -0.111. The molecule has 2 rings (SSSR count). The number of amides is 1. The first kappa shape index (κ1) is 22.3. The number of rotatable bonds is 8. The average Bonchev–Trinajstić information content (AvgIpc) is 2.66. The molecule has 9 heteroatoms. The van der Waals surface area contributed by atoms with Gasteiger partial charge in [-0.3, -0.25) is 4.79 Å². The summed E-state index contributed by atoms with van der Waals surface area (Å²) in [6.45, 7) is 2.35. The van der Waals surface area contributed by atoms with E-state index in [0.29, 0.717) is 29.5 Å². The maximum Gasteiger partial charge on any atom is 0.248 e. The van der Waals surface area contributed by atoms with Crippen molar-refractivity contribution in [1.29, 1.82) is 0 Å². The Morgan fingerprint density at radius 3 is 2.48 bits per heavy atom. The Morgan fingerprint density at radius 1 is 1.17 bits per heavy atom. The molecule has 29 heavy (non-hydrogen) atoms. The number of hydrogen-bond donors (Lipinski definition) is 2. The zero-order valence-electron chi connectivity index (χ0n) is 16.8. The quantitative estimate of drug-likeness (QED) is 0.636. The second-order valence-electron chi connectivity index (χ2n) is 6.28. The van der Waals surface area contributed by atoms with Gasteiger partial charge in [-0.1, -0.05) is 6.07 Å². The van der Waals surface area contributed by atoms with Crippen LogP contribution in [0.1, 0.15) is 12.5 Å². The number of carbonyl (C=O) groups excluding carboxylic acids is 1. The largest absolute Gasteiger partial charge is 0.493 e. The van der Waals surface area contributed by atoms with E-state index in [0.717, 1.165) is 5.56 Å². The number of benzene rings is 2. The van der Waals surface area contributed by atoms with Crippen molar-refractivity contribution in [2.45, 2.75) is 11.8 Å². The second kappa shape index (κ2) is 9.44. The van der Waals surface area contributed by atoms with Gasteiger partial charge < -0.3 is 19.7 Å². The Hall–Kier alpha value is -3.04. The van der Waals surface area contributed by atoms with E-state index in [4.69, 9.17) is 14.6 Å². The smallest absolute Gasteiger partial charge is 0.248 e. The van der Waals surface area contributed by atoms with Crippen LogP contribution in [0.25, 0.3) is 6.08 Å². The molecule has 0 atom stereocenters. The minimum atomic E-state index is -3.89. The Labute approximate surface area is 171 Å². The summed E-state index contributed by atoms with van der Waals surface area (Å²) in [5, 5.41) is 7.88. The van der Waals surface area contributed by atoms with Crippen LogP contribution in [0.2, 0.25) is 0 Å². The van der Waals surface area contributed by atoms with Gasteiger partial charge in [-0.25, -0.2) is 13.6 Å². The predicted molar refractivity (Wildman–Crippen MR) is 114 cm³/mol. The molecule has 2 aromatic carbocycles. The Balaban J connectivity index is 2.25. The first-order valence-electron chi connectivity index (χ1n) is 8.79. The van der Waals surface area contributed by atoms with Gasteiger partial charge in [0.25, 0.3) is 0 Å². The molecule has 156 valence electrons. The van der Waals surface area contributed by atoms with Crippen LogP contribution in [0.5, 0.6) is 11.5 Å². The average molecular weight is 420 g/mol. The van der Waals surface area contributed by atoms with Crippen molar-refractivity contribution in [3.05, 3.63) is 48.0 Å². The minimum Gasteiger partial charge on any atom is -0.493 e. The molecule has 0 heterocycles. The van der Waals surface area contributed by atoms with Crippen LogP contribution >= 0.6 is 0 Å². The first-order valence-corrected chi connectivity index (χ1v) is 10.3. The number of methoxy groups -OCH3 is 1. The summed E-state index contributed by atoms with van der Waals surface area (Å²) in [4.78, 5) is 14.1. The molecule has 0 aromatic heterocycles. The van der Waals surface area contributed by atoms with Gasteiger partial charge >= 0.3 is 0 Å². The highest BCUT2D eigenvalue weighted by molar-refractivity contribution is 7.89. The highest BCUT2D eigenvalue weighted by atomic mass is 32.2. The molecule has 0 fully saturated rings. The third kappa shape index (κ3) is 5.97. The Kier molecular flexibility index (Phi) is 7.24. The molecule has 0 saturated heterocycles. The third-order valence-electron chi connectivity index (χ3n) is 3.95. The van der Waals surface area contributed by atoms with Crippen LogP contribution in [0.3, 0.4) is 0 Å². The minimum absolute atomic E-state index is 0.0844. The fourth-order valence-corrected chi connectivity index (χ4v) is 3.13. The lowest BCUT2D eigenvalue weighted by atomic mass is 10.2. The lowest BCUT2D eigenvalue weighted by Crippen LogP contribution is -2.17. The van der Waals surface area contributed by atoms with Crippen LogP contribution in [0.4, 0.5) is 11.4 Å². The van der Waals surface area contributed by atoms with Crippen molar-refractivity contribution in [3.8, 4) is 11.5 Å². The lowest BCUT2D eigenvalue weighted by Gasteiger charge is -2.18. The number of nitrogens with one attached hydrogen (secondary N) is 1. The second-order valence-corrected chi connectivity index (χ2v) is 7.85. The zero-order valence-corrected chi connectivity index (χ0v) is 17.6. The fraction of sp³-hybridized carbons (Fsp3) is 0.250. The van der Waals surface area contributed by atoms with Gasteiger partial charge in [0.15, 0.2) is 11.5 Å². The van der Waals surface area contributed by atoms with Crippen molar-refractivity contribution in [2.75, 3.05) is 38.0 Å². The maximum absolute atomic E-state index is 12.4. The Bertz CT molecular complexity index is 1020. The highest BCUT2D eigenvalue weighted by Crippen LogP contribution is 2.29. The molecule has 8 nitrogen and oxygen atoms in total. The summed E-state index contributed by atoms with van der Waals surface area (Å²) in [6, 6.07) is 9.61. The van der Waals surface area contributed by atoms with Crippen molar-refractivity contribution in [1.82, 2.24) is 0 Å².